The largest absolute Gasteiger partial charge is 0.431 e. The first kappa shape index (κ1) is 26.1. The molecule has 0 unspecified atom stereocenters. The van der Waals surface area contributed by atoms with Crippen molar-refractivity contribution in [1.82, 2.24) is 10.2 Å². The van der Waals surface area contributed by atoms with Crippen LogP contribution in [0.25, 0.3) is 0 Å². The van der Waals surface area contributed by atoms with Crippen LogP contribution in [-0.2, 0) is 0 Å². The Morgan fingerprint density at radius 1 is 0.667 bits per heavy atom. The second kappa shape index (κ2) is 9.10. The summed E-state index contributed by atoms with van der Waals surface area (Å²) in [5.41, 5.74) is -6.29. The van der Waals surface area contributed by atoms with Crippen molar-refractivity contribution in [3.63, 3.8) is 0 Å². The molecule has 0 saturated heterocycles. The van der Waals surface area contributed by atoms with Gasteiger partial charge < -0.3 is 10.2 Å². The normalized spacial score (nSPS) is 14.9. The van der Waals surface area contributed by atoms with Crippen LogP contribution in [0.3, 0.4) is 0 Å². The lowest BCUT2D eigenvalue weighted by atomic mass is 9.92. The monoisotopic (exact) mass is 426 g/mol. The highest BCUT2D eigenvalue weighted by molar-refractivity contribution is 4.99. The molecule has 0 fully saturated rings. The van der Waals surface area contributed by atoms with E-state index in [-0.39, 0.29) is 6.54 Å². The van der Waals surface area contributed by atoms with Gasteiger partial charge in [0.2, 0.25) is 0 Å². The molecule has 0 aliphatic carbocycles. The lowest BCUT2D eigenvalue weighted by molar-refractivity contribution is -0.356. The van der Waals surface area contributed by atoms with Gasteiger partial charge in [-0.25, -0.2) is 22.0 Å². The first-order chi connectivity index (χ1) is 11.8. The molecular formula is C14H21F11N2. The Balaban J connectivity index is 4.82. The second-order valence-electron chi connectivity index (χ2n) is 6.52. The molecule has 27 heavy (non-hydrogen) atoms. The molecule has 0 aromatic heterocycles. The fraction of sp³-hybridized carbons (Fsp3) is 1.00. The number of alkyl halides is 11. The van der Waals surface area contributed by atoms with E-state index in [9.17, 15) is 48.3 Å². The average Bonchev–Trinajstić information content (AvgIpc) is 2.37. The van der Waals surface area contributed by atoms with E-state index in [0.717, 1.165) is 0 Å². The summed E-state index contributed by atoms with van der Waals surface area (Å²) in [6.07, 6.45) is -20.2. The Bertz CT molecular complexity index is 429. The number of hydrogen-bond donors (Lipinski definition) is 1. The Morgan fingerprint density at radius 3 is 1.56 bits per heavy atom. The van der Waals surface area contributed by atoms with Gasteiger partial charge in [0.1, 0.15) is 0 Å². The summed E-state index contributed by atoms with van der Waals surface area (Å²) in [4.78, 5) is 1.79. The number of rotatable bonds is 11. The first-order valence-corrected chi connectivity index (χ1v) is 7.76. The summed E-state index contributed by atoms with van der Waals surface area (Å²) in [6, 6.07) is 0. The molecule has 0 atom stereocenters. The van der Waals surface area contributed by atoms with Gasteiger partial charge in [-0.1, -0.05) is 0 Å². The van der Waals surface area contributed by atoms with Crippen LogP contribution in [0.4, 0.5) is 48.3 Å². The van der Waals surface area contributed by atoms with Crippen molar-refractivity contribution >= 4 is 0 Å². The van der Waals surface area contributed by atoms with E-state index in [4.69, 9.17) is 0 Å². The van der Waals surface area contributed by atoms with Crippen LogP contribution in [0.5, 0.6) is 0 Å². The van der Waals surface area contributed by atoms with Crippen molar-refractivity contribution < 1.29 is 48.3 Å². The van der Waals surface area contributed by atoms with Crippen molar-refractivity contribution in [3.8, 4) is 0 Å². The van der Waals surface area contributed by atoms with Crippen LogP contribution >= 0.6 is 0 Å². The zero-order valence-electron chi connectivity index (χ0n) is 14.6. The standard InChI is InChI=1S/C14H21F11N2/c1-27(2)7-3-5-26-6-4-10(15,16)8-11(17,18)9-12(19,13(20,21)22)14(23,24)25/h26H,3-9H2,1-2H3. The topological polar surface area (TPSA) is 15.3 Å². The predicted molar refractivity (Wildman–Crippen MR) is 75.7 cm³/mol. The van der Waals surface area contributed by atoms with Gasteiger partial charge in [0.15, 0.2) is 0 Å². The lowest BCUT2D eigenvalue weighted by Gasteiger charge is -2.33. The van der Waals surface area contributed by atoms with Crippen LogP contribution in [0.15, 0.2) is 0 Å². The molecule has 1 N–H and O–H groups in total. The smallest absolute Gasteiger partial charge is 0.316 e. The Hall–Kier alpha value is -0.850. The third-order valence-electron chi connectivity index (χ3n) is 3.54. The van der Waals surface area contributed by atoms with Crippen LogP contribution in [0, 0.1) is 0 Å². The molecule has 0 heterocycles. The molecular weight excluding hydrogens is 405 g/mol. The maximum atomic E-state index is 13.5. The van der Waals surface area contributed by atoms with E-state index < -0.39 is 55.7 Å². The number of hydrogen-bond acceptors (Lipinski definition) is 2. The van der Waals surface area contributed by atoms with E-state index in [0.29, 0.717) is 13.0 Å². The summed E-state index contributed by atoms with van der Waals surface area (Å²) in [7, 11) is 3.51. The van der Waals surface area contributed by atoms with Gasteiger partial charge in [-0.15, -0.1) is 0 Å². The number of nitrogens with zero attached hydrogens (tertiary/aromatic N) is 1. The molecule has 0 aliphatic rings. The van der Waals surface area contributed by atoms with Crippen molar-refractivity contribution in [2.24, 2.45) is 0 Å². The molecule has 2 nitrogen and oxygen atoms in total. The van der Waals surface area contributed by atoms with E-state index in [1.807, 2.05) is 0 Å². The molecule has 0 rings (SSSR count). The Morgan fingerprint density at radius 2 is 1.15 bits per heavy atom. The summed E-state index contributed by atoms with van der Waals surface area (Å²) in [6.45, 7) is 0.366. The molecule has 0 aliphatic heterocycles. The minimum absolute atomic E-state index is 0.250. The van der Waals surface area contributed by atoms with E-state index in [1.54, 1.807) is 19.0 Å². The van der Waals surface area contributed by atoms with Gasteiger partial charge in [-0.3, -0.25) is 0 Å². The van der Waals surface area contributed by atoms with E-state index in [1.165, 1.54) is 0 Å². The SMILES string of the molecule is CN(C)CCCNCCC(F)(F)CC(F)(F)CC(F)(C(F)(F)F)C(F)(F)F. The zero-order chi connectivity index (χ0) is 21.7. The van der Waals surface area contributed by atoms with Crippen molar-refractivity contribution in [2.45, 2.75) is 55.5 Å². The number of nitrogens with one attached hydrogen (secondary N) is 1. The zero-order valence-corrected chi connectivity index (χ0v) is 14.6. The highest BCUT2D eigenvalue weighted by Crippen LogP contribution is 2.52. The van der Waals surface area contributed by atoms with Crippen molar-refractivity contribution in [2.75, 3.05) is 33.7 Å². The molecule has 0 radical (unpaired) electrons. The fourth-order valence-corrected chi connectivity index (χ4v) is 2.16. The van der Waals surface area contributed by atoms with E-state index in [2.05, 4.69) is 5.32 Å². The fourth-order valence-electron chi connectivity index (χ4n) is 2.16. The molecule has 0 bridgehead atoms. The van der Waals surface area contributed by atoms with E-state index >= 15 is 0 Å². The molecule has 0 saturated carbocycles. The van der Waals surface area contributed by atoms with Gasteiger partial charge >= 0.3 is 18.0 Å². The minimum atomic E-state index is -6.72. The lowest BCUT2D eigenvalue weighted by Crippen LogP contribution is -2.56. The summed E-state index contributed by atoms with van der Waals surface area (Å²) in [5.74, 6) is -9.51. The third-order valence-corrected chi connectivity index (χ3v) is 3.54. The quantitative estimate of drug-likeness (QED) is 0.377. The maximum Gasteiger partial charge on any atom is 0.431 e. The first-order valence-electron chi connectivity index (χ1n) is 7.76. The molecule has 13 heteroatoms. The van der Waals surface area contributed by atoms with Gasteiger partial charge in [0, 0.05) is 13.0 Å². The van der Waals surface area contributed by atoms with Crippen molar-refractivity contribution in [1.29, 1.82) is 0 Å². The molecule has 0 aromatic rings. The van der Waals surface area contributed by atoms with Crippen LogP contribution in [0.1, 0.15) is 25.7 Å². The summed E-state index contributed by atoms with van der Waals surface area (Å²) < 4.78 is 141. The maximum absolute atomic E-state index is 13.5. The molecule has 0 spiro atoms. The minimum Gasteiger partial charge on any atom is -0.316 e. The highest BCUT2D eigenvalue weighted by atomic mass is 19.4. The van der Waals surface area contributed by atoms with Crippen LogP contribution < -0.4 is 5.32 Å². The predicted octanol–water partition coefficient (Wildman–Crippen LogP) is 4.80. The van der Waals surface area contributed by atoms with Gasteiger partial charge in [-0.2, -0.15) is 26.3 Å². The number of halogens is 11. The van der Waals surface area contributed by atoms with Crippen LogP contribution in [0.2, 0.25) is 0 Å². The van der Waals surface area contributed by atoms with Crippen molar-refractivity contribution in [3.05, 3.63) is 0 Å². The molecule has 164 valence electrons. The van der Waals surface area contributed by atoms with Crippen LogP contribution in [-0.4, -0.2) is 68.5 Å². The van der Waals surface area contributed by atoms with Gasteiger partial charge in [0.25, 0.3) is 11.8 Å². The third kappa shape index (κ3) is 8.79. The molecule has 0 amide bonds. The highest BCUT2D eigenvalue weighted by Gasteiger charge is 2.75. The average molecular weight is 426 g/mol. The second-order valence-corrected chi connectivity index (χ2v) is 6.52. The van der Waals surface area contributed by atoms with Gasteiger partial charge in [0.05, 0.1) is 12.8 Å². The summed E-state index contributed by atoms with van der Waals surface area (Å²) >= 11 is 0. The Kier molecular flexibility index (Phi) is 8.81. The van der Waals surface area contributed by atoms with Gasteiger partial charge in [-0.05, 0) is 33.6 Å². The summed E-state index contributed by atoms with van der Waals surface area (Å²) in [5, 5.41) is 2.49. The molecule has 0 aromatic carbocycles. The Labute approximate surface area is 149 Å².